The number of hydrogen-bond acceptors (Lipinski definition) is 7. The minimum Gasteiger partial charge on any atom is -0.440 e. The van der Waals surface area contributed by atoms with E-state index in [2.05, 4.69) is 15.4 Å². The summed E-state index contributed by atoms with van der Waals surface area (Å²) in [5, 5.41) is 7.53. The molecule has 2 saturated heterocycles. The topological polar surface area (TPSA) is 134 Å². The van der Waals surface area contributed by atoms with Gasteiger partial charge in [-0.1, -0.05) is 106 Å². The van der Waals surface area contributed by atoms with Gasteiger partial charge in [-0.15, -0.1) is 0 Å². The molecule has 288 valence electrons. The lowest BCUT2D eigenvalue weighted by Crippen LogP contribution is -2.51. The molecular formula is C42H51ClN4O6S. The van der Waals surface area contributed by atoms with Crippen molar-refractivity contribution < 1.29 is 28.7 Å². The van der Waals surface area contributed by atoms with Crippen molar-refractivity contribution in [1.29, 1.82) is 0 Å². The first kappa shape index (κ1) is 39.6. The molecule has 12 heteroatoms. The molecule has 3 aromatic carbocycles. The molecule has 0 spiro atoms. The van der Waals surface area contributed by atoms with Crippen molar-refractivity contribution in [3.63, 3.8) is 0 Å². The molecule has 0 bridgehead atoms. The van der Waals surface area contributed by atoms with E-state index >= 15 is 0 Å². The van der Waals surface area contributed by atoms with Crippen LogP contribution in [-0.2, 0) is 29.3 Å². The van der Waals surface area contributed by atoms with E-state index in [1.165, 1.54) is 4.90 Å². The van der Waals surface area contributed by atoms with Crippen molar-refractivity contribution in [2.75, 3.05) is 19.6 Å². The fourth-order valence-electron chi connectivity index (χ4n) is 8.10. The normalized spacial score (nSPS) is 19.5. The Morgan fingerprint density at radius 1 is 0.907 bits per heavy atom. The van der Waals surface area contributed by atoms with E-state index in [0.717, 1.165) is 78.8 Å². The van der Waals surface area contributed by atoms with Gasteiger partial charge in [0, 0.05) is 36.0 Å². The predicted molar refractivity (Wildman–Crippen MR) is 212 cm³/mol. The average Bonchev–Trinajstić information content (AvgIpc) is 3.87. The number of Topliss-reactive ketones (excluding diaryl/α,β-unsaturated/α-hetero) is 1. The summed E-state index contributed by atoms with van der Waals surface area (Å²) in [5.74, 6) is -2.21. The minimum atomic E-state index is -1.16. The summed E-state index contributed by atoms with van der Waals surface area (Å²) in [7, 11) is 0. The quantitative estimate of drug-likeness (QED) is 0.115. The highest BCUT2D eigenvalue weighted by Gasteiger charge is 2.39. The van der Waals surface area contributed by atoms with Gasteiger partial charge in [-0.2, -0.15) is 0 Å². The smallest absolute Gasteiger partial charge is 0.417 e. The molecule has 0 aromatic heterocycles. The number of ketones is 1. The molecule has 4 amide bonds. The second-order valence-electron chi connectivity index (χ2n) is 15.5. The lowest BCUT2D eigenvalue weighted by molar-refractivity contribution is -0.146. The summed E-state index contributed by atoms with van der Waals surface area (Å²) in [6.07, 6.45) is 6.42. The molecule has 54 heavy (non-hydrogen) atoms. The third kappa shape index (κ3) is 9.76. The van der Waals surface area contributed by atoms with Crippen LogP contribution >= 0.6 is 23.5 Å². The molecule has 10 nitrogen and oxygen atoms in total. The Morgan fingerprint density at radius 3 is 2.35 bits per heavy atom. The molecule has 4 atom stereocenters. The fraction of sp³-hybridized carbons (Fsp3) is 0.500. The van der Waals surface area contributed by atoms with Crippen LogP contribution in [0.2, 0.25) is 5.02 Å². The first-order valence-electron chi connectivity index (χ1n) is 19.3. The first-order chi connectivity index (χ1) is 26.0. The summed E-state index contributed by atoms with van der Waals surface area (Å²) in [6.45, 7) is 5.48. The Bertz CT molecular complexity index is 1840. The Morgan fingerprint density at radius 2 is 1.65 bits per heavy atom. The Labute approximate surface area is 327 Å². The number of fused-ring (bicyclic) bond motifs is 1. The second-order valence-corrected chi connectivity index (χ2v) is 17.0. The summed E-state index contributed by atoms with van der Waals surface area (Å²) in [5.41, 5.74) is 0.976. The molecule has 2 aliphatic heterocycles. The van der Waals surface area contributed by atoms with Crippen molar-refractivity contribution in [2.24, 2.45) is 11.8 Å². The minimum absolute atomic E-state index is 0.0400. The van der Waals surface area contributed by atoms with Gasteiger partial charge in [0.1, 0.15) is 11.4 Å². The van der Waals surface area contributed by atoms with Crippen molar-refractivity contribution in [3.05, 3.63) is 82.9 Å². The van der Waals surface area contributed by atoms with E-state index in [4.69, 9.17) is 16.3 Å². The van der Waals surface area contributed by atoms with Gasteiger partial charge in [0.2, 0.25) is 17.6 Å². The number of benzene rings is 3. The SMILES string of the molecule is CC(C)(c1cccc(Cl)c1)C(OC(=O)NS[C@@H](CC1CCCCC1)C(=O)N[C@@H](C[C@@H]1CCNC1=O)C(=O)C(=O)N1CCCC1)c1ccc2ccccc2c1. The number of carbonyl (C=O) groups excluding carboxylic acids is 5. The van der Waals surface area contributed by atoms with Crippen LogP contribution in [0.1, 0.15) is 95.3 Å². The molecule has 3 fully saturated rings. The highest BCUT2D eigenvalue weighted by molar-refractivity contribution is 7.99. The number of carbonyl (C=O) groups is 5. The largest absolute Gasteiger partial charge is 0.440 e. The van der Waals surface area contributed by atoms with Gasteiger partial charge >= 0.3 is 6.09 Å². The number of nitrogens with zero attached hydrogens (tertiary/aromatic N) is 1. The number of likely N-dealkylation sites (tertiary alicyclic amines) is 1. The Kier molecular flexibility index (Phi) is 13.2. The zero-order valence-corrected chi connectivity index (χ0v) is 32.7. The molecular weight excluding hydrogens is 724 g/mol. The second kappa shape index (κ2) is 18.0. The lowest BCUT2D eigenvalue weighted by Gasteiger charge is -2.35. The summed E-state index contributed by atoms with van der Waals surface area (Å²) >= 11 is 7.38. The number of nitrogens with one attached hydrogen (secondary N) is 3. The van der Waals surface area contributed by atoms with Crippen molar-refractivity contribution >= 4 is 63.9 Å². The highest BCUT2D eigenvalue weighted by Crippen LogP contribution is 2.41. The standard InChI is InChI=1S/C42H51ClN4O6S/c1-42(2,32-15-10-16-33(43)26-32)37(30-18-17-28-13-6-7-14-29(28)24-30)53-41(52)46-54-35(23-27-11-4-3-5-12-27)39(50)45-34(25-31-19-20-44-38(31)49)36(48)40(51)47-21-8-9-22-47/h6-7,10,13-18,24,26-27,31,34-35,37H,3-5,8-9,11-12,19-23,25H2,1-2H3,(H,44,49)(H,45,50)(H,46,52)/t31-,34-,35-,37?/m0/s1. The van der Waals surface area contributed by atoms with Crippen molar-refractivity contribution in [3.8, 4) is 0 Å². The van der Waals surface area contributed by atoms with Crippen LogP contribution in [0.4, 0.5) is 4.79 Å². The first-order valence-corrected chi connectivity index (χ1v) is 20.5. The van der Waals surface area contributed by atoms with Gasteiger partial charge in [-0.3, -0.25) is 23.9 Å². The molecule has 0 radical (unpaired) electrons. The third-order valence-electron chi connectivity index (χ3n) is 11.3. The maximum atomic E-state index is 14.2. The molecule has 1 saturated carbocycles. The van der Waals surface area contributed by atoms with Gasteiger partial charge in [0.25, 0.3) is 5.91 Å². The third-order valence-corrected chi connectivity index (χ3v) is 12.5. The predicted octanol–water partition coefficient (Wildman–Crippen LogP) is 7.43. The van der Waals surface area contributed by atoms with E-state index < -0.39 is 52.4 Å². The number of ether oxygens (including phenoxy) is 1. The summed E-state index contributed by atoms with van der Waals surface area (Å²) in [4.78, 5) is 69.0. The highest BCUT2D eigenvalue weighted by atomic mass is 35.5. The zero-order chi connectivity index (χ0) is 38.2. The Hall–Kier alpha value is -4.09. The fourth-order valence-corrected chi connectivity index (χ4v) is 9.12. The number of rotatable bonds is 14. The molecule has 6 rings (SSSR count). The molecule has 3 N–H and O–H groups in total. The van der Waals surface area contributed by atoms with Gasteiger partial charge < -0.3 is 20.3 Å². The van der Waals surface area contributed by atoms with Gasteiger partial charge in [0.15, 0.2) is 0 Å². The van der Waals surface area contributed by atoms with E-state index in [1.54, 1.807) is 6.07 Å². The van der Waals surface area contributed by atoms with Crippen molar-refractivity contribution in [1.82, 2.24) is 20.3 Å². The van der Waals surface area contributed by atoms with Crippen LogP contribution in [-0.4, -0.2) is 65.4 Å². The van der Waals surface area contributed by atoms with Crippen LogP contribution in [0.25, 0.3) is 10.8 Å². The monoisotopic (exact) mass is 774 g/mol. The molecule has 2 heterocycles. The average molecular weight is 775 g/mol. The number of hydrogen-bond donors (Lipinski definition) is 3. The Balaban J connectivity index is 1.21. The molecule has 3 aromatic rings. The van der Waals surface area contributed by atoms with Gasteiger partial charge in [-0.05, 0) is 90.1 Å². The molecule has 3 aliphatic rings. The molecule has 1 unspecified atom stereocenters. The van der Waals surface area contributed by atoms with Crippen LogP contribution in [0, 0.1) is 11.8 Å². The van der Waals surface area contributed by atoms with Crippen LogP contribution in [0.3, 0.4) is 0 Å². The van der Waals surface area contributed by atoms with E-state index in [0.29, 0.717) is 37.5 Å². The van der Waals surface area contributed by atoms with Crippen LogP contribution in [0.5, 0.6) is 0 Å². The van der Waals surface area contributed by atoms with E-state index in [1.807, 2.05) is 74.5 Å². The van der Waals surface area contributed by atoms with Gasteiger partial charge in [0.05, 0.1) is 6.04 Å². The molecule has 1 aliphatic carbocycles. The van der Waals surface area contributed by atoms with E-state index in [-0.39, 0.29) is 18.2 Å². The van der Waals surface area contributed by atoms with Crippen LogP contribution < -0.4 is 15.4 Å². The number of halogens is 1. The van der Waals surface area contributed by atoms with Crippen LogP contribution in [0.15, 0.2) is 66.7 Å². The van der Waals surface area contributed by atoms with Crippen molar-refractivity contribution in [2.45, 2.75) is 101 Å². The number of amides is 4. The zero-order valence-electron chi connectivity index (χ0n) is 31.1. The van der Waals surface area contributed by atoms with E-state index in [9.17, 15) is 24.0 Å². The summed E-state index contributed by atoms with van der Waals surface area (Å²) < 4.78 is 9.10. The lowest BCUT2D eigenvalue weighted by atomic mass is 9.76. The maximum Gasteiger partial charge on any atom is 0.417 e. The van der Waals surface area contributed by atoms with Gasteiger partial charge in [-0.25, -0.2) is 4.79 Å². The summed E-state index contributed by atoms with van der Waals surface area (Å²) in [6, 6.07) is 20.3. The maximum absolute atomic E-state index is 14.2.